The van der Waals surface area contributed by atoms with E-state index in [1.165, 1.54) is 18.4 Å². The molecule has 2 heterocycles. The van der Waals surface area contributed by atoms with Crippen LogP contribution in [0, 0.1) is 0 Å². The summed E-state index contributed by atoms with van der Waals surface area (Å²) in [7, 11) is 1.68. The van der Waals surface area contributed by atoms with Crippen molar-refractivity contribution in [1.82, 2.24) is 20.1 Å². The summed E-state index contributed by atoms with van der Waals surface area (Å²) < 4.78 is 11.9. The summed E-state index contributed by atoms with van der Waals surface area (Å²) in [5.74, 6) is 2.20. The molecule has 9 nitrogen and oxygen atoms in total. The van der Waals surface area contributed by atoms with Crippen LogP contribution in [0.25, 0.3) is 0 Å². The highest BCUT2D eigenvalue weighted by Crippen LogP contribution is 2.36. The molecule has 1 unspecified atom stereocenters. The average Bonchev–Trinajstić information content (AvgIpc) is 3.56. The molecule has 1 saturated heterocycles. The van der Waals surface area contributed by atoms with Gasteiger partial charge in [-0.15, -0.1) is 0 Å². The third kappa shape index (κ3) is 5.56. The molecule has 1 atom stereocenters. The number of ether oxygens (including phenoxy) is 2. The molecule has 0 bridgehead atoms. The lowest BCUT2D eigenvalue weighted by atomic mass is 10.0. The van der Waals surface area contributed by atoms with Gasteiger partial charge in [-0.25, -0.2) is 5.10 Å². The van der Waals surface area contributed by atoms with Gasteiger partial charge in [-0.1, -0.05) is 30.3 Å². The summed E-state index contributed by atoms with van der Waals surface area (Å²) in [4.78, 5) is 21.7. The van der Waals surface area contributed by atoms with E-state index >= 15 is 0 Å². The number of aromatic amines is 1. The summed E-state index contributed by atoms with van der Waals surface area (Å²) >= 11 is 0. The Morgan fingerprint density at radius 2 is 1.92 bits per heavy atom. The molecule has 0 radical (unpaired) electrons. The number of nitrogens with zero attached hydrogens (tertiary/aromatic N) is 4. The quantitative estimate of drug-likeness (QED) is 0.499. The van der Waals surface area contributed by atoms with Crippen LogP contribution < -0.4 is 20.1 Å². The summed E-state index contributed by atoms with van der Waals surface area (Å²) in [6, 6.07) is 16.5. The number of hydrogen-bond donors (Lipinski definition) is 2. The maximum atomic E-state index is 13.3. The van der Waals surface area contributed by atoms with Gasteiger partial charge < -0.3 is 25.0 Å². The Hall–Kier alpha value is -3.75. The van der Waals surface area contributed by atoms with Gasteiger partial charge in [0.15, 0.2) is 17.3 Å². The molecule has 5 rings (SSSR count). The second-order valence-electron chi connectivity index (χ2n) is 9.55. The molecule has 1 aromatic heterocycles. The summed E-state index contributed by atoms with van der Waals surface area (Å²) in [6.07, 6.45) is 5.74. The number of hydrogen-bond acceptors (Lipinski definition) is 7. The van der Waals surface area contributed by atoms with Crippen molar-refractivity contribution in [2.75, 3.05) is 37.4 Å². The predicted molar refractivity (Wildman–Crippen MR) is 138 cm³/mol. The fourth-order valence-electron chi connectivity index (χ4n) is 5.25. The van der Waals surface area contributed by atoms with Crippen molar-refractivity contribution in [3.05, 3.63) is 59.9 Å². The SMILES string of the molecule is COc1ccc(N2CCN(C(=O)Cc3n[nH]c(N)n3)C(Cc3ccccc3)C2)cc1OC1CCCC1. The topological polar surface area (TPSA) is 110 Å². The molecule has 2 fully saturated rings. The van der Waals surface area contributed by atoms with Gasteiger partial charge in [0.2, 0.25) is 11.9 Å². The van der Waals surface area contributed by atoms with Crippen LogP contribution >= 0.6 is 0 Å². The number of H-pyrrole nitrogens is 1. The van der Waals surface area contributed by atoms with Gasteiger partial charge in [-0.05, 0) is 49.8 Å². The van der Waals surface area contributed by atoms with E-state index in [1.54, 1.807) is 7.11 Å². The first-order chi connectivity index (χ1) is 17.6. The molecule has 2 aliphatic rings. The van der Waals surface area contributed by atoms with Crippen molar-refractivity contribution in [3.63, 3.8) is 0 Å². The van der Waals surface area contributed by atoms with E-state index < -0.39 is 0 Å². The van der Waals surface area contributed by atoms with Crippen molar-refractivity contribution in [2.24, 2.45) is 0 Å². The number of nitrogen functional groups attached to an aromatic ring is 1. The van der Waals surface area contributed by atoms with Crippen LogP contribution in [0.15, 0.2) is 48.5 Å². The Morgan fingerprint density at radius 3 is 2.64 bits per heavy atom. The first-order valence-electron chi connectivity index (χ1n) is 12.7. The van der Waals surface area contributed by atoms with Gasteiger partial charge >= 0.3 is 0 Å². The number of nitrogens with one attached hydrogen (secondary N) is 1. The van der Waals surface area contributed by atoms with Gasteiger partial charge in [0.1, 0.15) is 0 Å². The van der Waals surface area contributed by atoms with Crippen LogP contribution in [0.4, 0.5) is 11.6 Å². The van der Waals surface area contributed by atoms with Crippen molar-refractivity contribution in [1.29, 1.82) is 0 Å². The van der Waals surface area contributed by atoms with E-state index in [0.717, 1.165) is 43.0 Å². The van der Waals surface area contributed by atoms with Crippen LogP contribution in [0.1, 0.15) is 37.1 Å². The van der Waals surface area contributed by atoms with E-state index in [9.17, 15) is 4.79 Å². The molecule has 9 heteroatoms. The third-order valence-corrected chi connectivity index (χ3v) is 7.08. The van der Waals surface area contributed by atoms with Crippen molar-refractivity contribution in [2.45, 2.75) is 50.7 Å². The Morgan fingerprint density at radius 1 is 1.11 bits per heavy atom. The second kappa shape index (κ2) is 10.9. The number of anilines is 2. The fourth-order valence-corrected chi connectivity index (χ4v) is 5.25. The zero-order valence-corrected chi connectivity index (χ0v) is 20.7. The number of rotatable bonds is 8. The fraction of sp³-hybridized carbons (Fsp3) is 0.444. The number of carbonyl (C=O) groups is 1. The average molecular weight is 491 g/mol. The summed E-state index contributed by atoms with van der Waals surface area (Å²) in [6.45, 7) is 2.05. The Balaban J connectivity index is 1.35. The molecular formula is C27H34N6O3. The molecule has 3 aromatic rings. The molecule has 1 amide bonds. The van der Waals surface area contributed by atoms with Crippen LogP contribution in [-0.2, 0) is 17.6 Å². The molecule has 2 aromatic carbocycles. The molecule has 1 aliphatic heterocycles. The molecule has 1 aliphatic carbocycles. The predicted octanol–water partition coefficient (Wildman–Crippen LogP) is 3.22. The normalized spacial score (nSPS) is 18.4. The second-order valence-corrected chi connectivity index (χ2v) is 9.55. The van der Waals surface area contributed by atoms with Gasteiger partial charge in [-0.2, -0.15) is 10.1 Å². The Bertz CT molecular complexity index is 1160. The number of amides is 1. The van der Waals surface area contributed by atoms with Gasteiger partial charge in [-0.3, -0.25) is 4.79 Å². The molecule has 1 saturated carbocycles. The number of benzene rings is 2. The van der Waals surface area contributed by atoms with Crippen LogP contribution in [-0.4, -0.2) is 64.9 Å². The van der Waals surface area contributed by atoms with Gasteiger partial charge in [0, 0.05) is 31.4 Å². The minimum absolute atomic E-state index is 0.00578. The number of piperazine rings is 1. The van der Waals surface area contributed by atoms with Gasteiger partial charge in [0.05, 0.1) is 25.7 Å². The molecule has 0 spiro atoms. The van der Waals surface area contributed by atoms with Crippen LogP contribution in [0.5, 0.6) is 11.5 Å². The Labute approximate surface area is 211 Å². The standard InChI is InChI=1S/C27H34N6O3/c1-35-23-12-11-20(16-24(23)36-22-9-5-6-10-22)32-13-14-33(26(34)17-25-29-27(28)31-30-25)21(18-32)15-19-7-3-2-4-8-19/h2-4,7-8,11-12,16,21-22H,5-6,9-10,13-15,17-18H2,1H3,(H3,28,29,30,31). The summed E-state index contributed by atoms with van der Waals surface area (Å²) in [5, 5.41) is 6.66. The van der Waals surface area contributed by atoms with E-state index in [1.807, 2.05) is 29.2 Å². The first kappa shape index (κ1) is 24.0. The first-order valence-corrected chi connectivity index (χ1v) is 12.7. The smallest absolute Gasteiger partial charge is 0.230 e. The lowest BCUT2D eigenvalue weighted by molar-refractivity contribution is -0.133. The van der Waals surface area contributed by atoms with Crippen molar-refractivity contribution < 1.29 is 14.3 Å². The minimum atomic E-state index is 0.00578. The molecule has 3 N–H and O–H groups in total. The van der Waals surface area contributed by atoms with Crippen LogP contribution in [0.2, 0.25) is 0 Å². The number of carbonyl (C=O) groups excluding carboxylic acids is 1. The summed E-state index contributed by atoms with van der Waals surface area (Å²) in [5.41, 5.74) is 7.93. The van der Waals surface area contributed by atoms with Crippen LogP contribution in [0.3, 0.4) is 0 Å². The maximum Gasteiger partial charge on any atom is 0.230 e. The van der Waals surface area contributed by atoms with E-state index in [4.69, 9.17) is 15.2 Å². The zero-order chi connectivity index (χ0) is 24.9. The lowest BCUT2D eigenvalue weighted by Crippen LogP contribution is -2.56. The lowest BCUT2D eigenvalue weighted by Gasteiger charge is -2.42. The largest absolute Gasteiger partial charge is 0.493 e. The monoisotopic (exact) mass is 490 g/mol. The van der Waals surface area contributed by atoms with E-state index in [-0.39, 0.29) is 30.4 Å². The van der Waals surface area contributed by atoms with E-state index in [2.05, 4.69) is 44.3 Å². The van der Waals surface area contributed by atoms with Gasteiger partial charge in [0.25, 0.3) is 0 Å². The highest BCUT2D eigenvalue weighted by molar-refractivity contribution is 5.79. The minimum Gasteiger partial charge on any atom is -0.493 e. The van der Waals surface area contributed by atoms with E-state index in [0.29, 0.717) is 18.9 Å². The number of nitrogens with two attached hydrogens (primary N) is 1. The van der Waals surface area contributed by atoms with Crippen molar-refractivity contribution in [3.8, 4) is 11.5 Å². The zero-order valence-electron chi connectivity index (χ0n) is 20.7. The number of methoxy groups -OCH3 is 1. The molecule has 190 valence electrons. The highest BCUT2D eigenvalue weighted by atomic mass is 16.5. The molecule has 36 heavy (non-hydrogen) atoms. The van der Waals surface area contributed by atoms with Crippen molar-refractivity contribution >= 4 is 17.5 Å². The number of aromatic nitrogens is 3. The molecular weight excluding hydrogens is 456 g/mol. The third-order valence-electron chi connectivity index (χ3n) is 7.08. The highest BCUT2D eigenvalue weighted by Gasteiger charge is 2.32. The Kier molecular flexibility index (Phi) is 7.25. The maximum absolute atomic E-state index is 13.3.